The molecule has 144 valence electrons. The highest BCUT2D eigenvalue weighted by Crippen LogP contribution is 2.25. The van der Waals surface area contributed by atoms with Crippen LogP contribution in [0.15, 0.2) is 61.1 Å². The van der Waals surface area contributed by atoms with Crippen molar-refractivity contribution in [3.8, 4) is 0 Å². The Balaban J connectivity index is 1.36. The number of nitrogens with one attached hydrogen (secondary N) is 2. The molecule has 0 atom stereocenters. The molecule has 0 radical (unpaired) electrons. The number of nitrogens with zero attached hydrogens (tertiary/aromatic N) is 4. The van der Waals surface area contributed by atoms with Crippen molar-refractivity contribution in [3.63, 3.8) is 0 Å². The number of anilines is 4. The van der Waals surface area contributed by atoms with Crippen molar-refractivity contribution in [2.75, 3.05) is 28.6 Å². The fourth-order valence-corrected chi connectivity index (χ4v) is 3.36. The van der Waals surface area contributed by atoms with E-state index in [0.29, 0.717) is 12.5 Å². The lowest BCUT2D eigenvalue weighted by molar-refractivity contribution is 0.438. The van der Waals surface area contributed by atoms with Gasteiger partial charge in [-0.3, -0.25) is 4.98 Å². The summed E-state index contributed by atoms with van der Waals surface area (Å²) >= 11 is 0. The first kappa shape index (κ1) is 18.2. The van der Waals surface area contributed by atoms with Gasteiger partial charge in [0.2, 0.25) is 5.95 Å². The molecule has 2 N–H and O–H groups in total. The predicted octanol–water partition coefficient (Wildman–Crippen LogP) is 4.46. The Labute approximate surface area is 166 Å². The van der Waals surface area contributed by atoms with Gasteiger partial charge in [0.15, 0.2) is 0 Å². The van der Waals surface area contributed by atoms with Gasteiger partial charge in [0.1, 0.15) is 5.82 Å². The van der Waals surface area contributed by atoms with E-state index in [1.54, 1.807) is 12.4 Å². The standard InChI is InChI=1S/C22H26N6/c1-17-9-13-28(14-10-17)20-6-4-19(5-7-20)26-22-24-12-8-21(27-22)25-16-18-3-2-11-23-15-18/h2-8,11-12,15,17H,9-10,13-14,16H2,1H3,(H2,24,25,26,27). The summed E-state index contributed by atoms with van der Waals surface area (Å²) in [4.78, 5) is 15.5. The molecule has 1 aromatic carbocycles. The maximum atomic E-state index is 4.54. The van der Waals surface area contributed by atoms with Crippen LogP contribution >= 0.6 is 0 Å². The zero-order valence-electron chi connectivity index (χ0n) is 16.2. The summed E-state index contributed by atoms with van der Waals surface area (Å²) in [7, 11) is 0. The van der Waals surface area contributed by atoms with E-state index in [1.165, 1.54) is 18.5 Å². The van der Waals surface area contributed by atoms with Gasteiger partial charge in [-0.25, -0.2) is 4.98 Å². The summed E-state index contributed by atoms with van der Waals surface area (Å²) < 4.78 is 0. The van der Waals surface area contributed by atoms with Crippen molar-refractivity contribution in [1.82, 2.24) is 15.0 Å². The van der Waals surface area contributed by atoms with Gasteiger partial charge in [0, 0.05) is 49.6 Å². The quantitative estimate of drug-likeness (QED) is 0.664. The molecule has 3 aromatic rings. The molecular weight excluding hydrogens is 348 g/mol. The van der Waals surface area contributed by atoms with Crippen LogP contribution in [-0.2, 0) is 6.54 Å². The number of pyridine rings is 1. The molecular formula is C22H26N6. The fourth-order valence-electron chi connectivity index (χ4n) is 3.36. The molecule has 0 amide bonds. The Morgan fingerprint density at radius 3 is 2.61 bits per heavy atom. The van der Waals surface area contributed by atoms with Crippen LogP contribution in [0.3, 0.4) is 0 Å². The van der Waals surface area contributed by atoms with E-state index < -0.39 is 0 Å². The molecule has 1 fully saturated rings. The molecule has 0 saturated carbocycles. The summed E-state index contributed by atoms with van der Waals surface area (Å²) in [5.41, 5.74) is 3.38. The highest BCUT2D eigenvalue weighted by molar-refractivity contribution is 5.60. The van der Waals surface area contributed by atoms with E-state index in [4.69, 9.17) is 0 Å². The van der Waals surface area contributed by atoms with Gasteiger partial charge >= 0.3 is 0 Å². The lowest BCUT2D eigenvalue weighted by atomic mass is 9.99. The van der Waals surface area contributed by atoms with Gasteiger partial charge in [-0.05, 0) is 60.7 Å². The Morgan fingerprint density at radius 1 is 1.04 bits per heavy atom. The van der Waals surface area contributed by atoms with Gasteiger partial charge < -0.3 is 15.5 Å². The first-order chi connectivity index (χ1) is 13.8. The number of rotatable bonds is 6. The first-order valence-corrected chi connectivity index (χ1v) is 9.84. The van der Waals surface area contributed by atoms with E-state index in [1.807, 2.05) is 24.4 Å². The van der Waals surface area contributed by atoms with Gasteiger partial charge in [-0.15, -0.1) is 0 Å². The molecule has 6 nitrogen and oxygen atoms in total. The number of hydrogen-bond acceptors (Lipinski definition) is 6. The maximum absolute atomic E-state index is 4.54. The molecule has 1 aliphatic rings. The minimum atomic E-state index is 0.579. The molecule has 2 aromatic heterocycles. The van der Waals surface area contributed by atoms with Gasteiger partial charge in [-0.1, -0.05) is 13.0 Å². The number of benzene rings is 1. The highest BCUT2D eigenvalue weighted by atomic mass is 15.1. The van der Waals surface area contributed by atoms with Crippen LogP contribution in [-0.4, -0.2) is 28.0 Å². The molecule has 28 heavy (non-hydrogen) atoms. The number of piperidine rings is 1. The average molecular weight is 374 g/mol. The van der Waals surface area contributed by atoms with Gasteiger partial charge in [-0.2, -0.15) is 4.98 Å². The normalized spacial score (nSPS) is 14.7. The van der Waals surface area contributed by atoms with E-state index in [-0.39, 0.29) is 0 Å². The summed E-state index contributed by atoms with van der Waals surface area (Å²) in [5.74, 6) is 2.20. The summed E-state index contributed by atoms with van der Waals surface area (Å²) in [6.07, 6.45) is 7.91. The van der Waals surface area contributed by atoms with Crippen LogP contribution in [0.2, 0.25) is 0 Å². The Bertz CT molecular complexity index is 873. The largest absolute Gasteiger partial charge is 0.372 e. The van der Waals surface area contributed by atoms with Crippen molar-refractivity contribution in [2.24, 2.45) is 5.92 Å². The molecule has 4 rings (SSSR count). The molecule has 0 unspecified atom stereocenters. The second kappa shape index (κ2) is 8.69. The molecule has 0 aliphatic carbocycles. The van der Waals surface area contributed by atoms with E-state index in [9.17, 15) is 0 Å². The smallest absolute Gasteiger partial charge is 0.229 e. The number of aromatic nitrogens is 3. The Hall–Kier alpha value is -3.15. The summed E-state index contributed by atoms with van der Waals surface area (Å²) in [6.45, 7) is 5.29. The van der Waals surface area contributed by atoms with Crippen molar-refractivity contribution in [1.29, 1.82) is 0 Å². The summed E-state index contributed by atoms with van der Waals surface area (Å²) in [5, 5.41) is 6.59. The zero-order valence-corrected chi connectivity index (χ0v) is 16.2. The van der Waals surface area contributed by atoms with Crippen LogP contribution < -0.4 is 15.5 Å². The third-order valence-electron chi connectivity index (χ3n) is 5.12. The molecule has 1 saturated heterocycles. The van der Waals surface area contributed by atoms with Gasteiger partial charge in [0.25, 0.3) is 0 Å². The van der Waals surface area contributed by atoms with Gasteiger partial charge in [0.05, 0.1) is 0 Å². The monoisotopic (exact) mass is 374 g/mol. The minimum Gasteiger partial charge on any atom is -0.372 e. The number of hydrogen-bond donors (Lipinski definition) is 2. The van der Waals surface area contributed by atoms with Crippen LogP contribution in [0.1, 0.15) is 25.3 Å². The summed E-state index contributed by atoms with van der Waals surface area (Å²) in [6, 6.07) is 14.3. The predicted molar refractivity (Wildman–Crippen MR) is 114 cm³/mol. The minimum absolute atomic E-state index is 0.579. The Kier molecular flexibility index (Phi) is 5.66. The van der Waals surface area contributed by atoms with Crippen LogP contribution in [0.5, 0.6) is 0 Å². The second-order valence-electron chi connectivity index (χ2n) is 7.32. The highest BCUT2D eigenvalue weighted by Gasteiger charge is 2.15. The molecule has 6 heteroatoms. The SMILES string of the molecule is CC1CCN(c2ccc(Nc3nccc(NCc4cccnc4)n3)cc2)CC1. The van der Waals surface area contributed by atoms with Crippen molar-refractivity contribution in [3.05, 3.63) is 66.6 Å². The molecule has 1 aliphatic heterocycles. The van der Waals surface area contributed by atoms with Crippen molar-refractivity contribution in [2.45, 2.75) is 26.3 Å². The lowest BCUT2D eigenvalue weighted by Gasteiger charge is -2.32. The molecule has 0 spiro atoms. The van der Waals surface area contributed by atoms with Crippen LogP contribution in [0.4, 0.5) is 23.1 Å². The fraction of sp³-hybridized carbons (Fsp3) is 0.318. The van der Waals surface area contributed by atoms with E-state index in [0.717, 1.165) is 36.1 Å². The van der Waals surface area contributed by atoms with E-state index in [2.05, 4.69) is 61.7 Å². The van der Waals surface area contributed by atoms with Crippen molar-refractivity contribution >= 4 is 23.1 Å². The van der Waals surface area contributed by atoms with Crippen LogP contribution in [0.25, 0.3) is 0 Å². The van der Waals surface area contributed by atoms with E-state index >= 15 is 0 Å². The zero-order chi connectivity index (χ0) is 19.2. The second-order valence-corrected chi connectivity index (χ2v) is 7.32. The first-order valence-electron chi connectivity index (χ1n) is 9.84. The molecule has 0 bridgehead atoms. The third-order valence-corrected chi connectivity index (χ3v) is 5.12. The lowest BCUT2D eigenvalue weighted by Crippen LogP contribution is -2.32. The average Bonchev–Trinajstić information content (AvgIpc) is 2.75. The van der Waals surface area contributed by atoms with Crippen LogP contribution in [0, 0.1) is 5.92 Å². The third kappa shape index (κ3) is 4.76. The van der Waals surface area contributed by atoms with Crippen molar-refractivity contribution < 1.29 is 0 Å². The topological polar surface area (TPSA) is 66.0 Å². The molecule has 3 heterocycles. The Morgan fingerprint density at radius 2 is 1.86 bits per heavy atom. The maximum Gasteiger partial charge on any atom is 0.229 e.